The number of anilines is 1. The number of carbonyl (C=O) groups is 1. The molecule has 2 rings (SSSR count). The van der Waals surface area contributed by atoms with E-state index in [9.17, 15) is 13.2 Å². The van der Waals surface area contributed by atoms with Gasteiger partial charge in [0.05, 0.1) is 18.9 Å². The molecule has 114 valence electrons. The quantitative estimate of drug-likeness (QED) is 0.783. The average Bonchev–Trinajstić information content (AvgIpc) is 2.46. The first-order chi connectivity index (χ1) is 9.97. The van der Waals surface area contributed by atoms with Crippen LogP contribution in [0.25, 0.3) is 6.08 Å². The fraction of sp³-hybridized carbons (Fsp3) is 0.308. The van der Waals surface area contributed by atoms with Crippen molar-refractivity contribution in [1.29, 1.82) is 0 Å². The second kappa shape index (κ2) is 6.70. The first kappa shape index (κ1) is 15.5. The van der Waals surface area contributed by atoms with Gasteiger partial charge >= 0.3 is 16.2 Å². The molecule has 1 saturated heterocycles. The van der Waals surface area contributed by atoms with E-state index in [1.54, 1.807) is 24.3 Å². The van der Waals surface area contributed by atoms with Gasteiger partial charge in [0, 0.05) is 19.2 Å². The number of ether oxygens (including phenoxy) is 1. The first-order valence-electron chi connectivity index (χ1n) is 6.34. The van der Waals surface area contributed by atoms with E-state index in [2.05, 4.69) is 4.72 Å². The van der Waals surface area contributed by atoms with Crippen LogP contribution in [-0.2, 0) is 19.7 Å². The summed E-state index contributed by atoms with van der Waals surface area (Å²) in [5.41, 5.74) is 0.980. The largest absolute Gasteiger partial charge is 0.478 e. The predicted octanol–water partition coefficient (Wildman–Crippen LogP) is 0.773. The molecule has 0 aliphatic carbocycles. The molecular formula is C13H16N2O5S. The fourth-order valence-electron chi connectivity index (χ4n) is 1.87. The molecule has 0 spiro atoms. The first-order valence-corrected chi connectivity index (χ1v) is 7.78. The van der Waals surface area contributed by atoms with E-state index in [1.807, 2.05) is 0 Å². The average molecular weight is 312 g/mol. The Labute approximate surface area is 123 Å². The van der Waals surface area contributed by atoms with Crippen molar-refractivity contribution in [3.63, 3.8) is 0 Å². The van der Waals surface area contributed by atoms with E-state index >= 15 is 0 Å². The van der Waals surface area contributed by atoms with Crippen LogP contribution in [0.15, 0.2) is 30.3 Å². The van der Waals surface area contributed by atoms with Gasteiger partial charge in [0.25, 0.3) is 0 Å². The van der Waals surface area contributed by atoms with Crippen LogP contribution in [0.2, 0.25) is 0 Å². The summed E-state index contributed by atoms with van der Waals surface area (Å²) < 4.78 is 33.3. The van der Waals surface area contributed by atoms with Crippen molar-refractivity contribution in [2.45, 2.75) is 0 Å². The van der Waals surface area contributed by atoms with Crippen LogP contribution >= 0.6 is 0 Å². The fourth-order valence-corrected chi connectivity index (χ4v) is 3.06. The van der Waals surface area contributed by atoms with Gasteiger partial charge in [0.15, 0.2) is 0 Å². The zero-order valence-corrected chi connectivity index (χ0v) is 12.0. The Morgan fingerprint density at radius 1 is 1.33 bits per heavy atom. The van der Waals surface area contributed by atoms with Gasteiger partial charge in [-0.25, -0.2) is 4.79 Å². The van der Waals surface area contributed by atoms with Gasteiger partial charge in [-0.1, -0.05) is 12.1 Å². The van der Waals surface area contributed by atoms with Crippen LogP contribution in [0.3, 0.4) is 0 Å². The molecule has 21 heavy (non-hydrogen) atoms. The van der Waals surface area contributed by atoms with Gasteiger partial charge in [0.2, 0.25) is 0 Å². The SMILES string of the molecule is O=C(O)/C=C/c1cccc(NS(=O)(=O)N2CCOCC2)c1. The molecule has 1 aromatic carbocycles. The van der Waals surface area contributed by atoms with E-state index in [-0.39, 0.29) is 0 Å². The molecule has 0 radical (unpaired) electrons. The summed E-state index contributed by atoms with van der Waals surface area (Å²) in [7, 11) is -3.62. The molecule has 7 nitrogen and oxygen atoms in total. The van der Waals surface area contributed by atoms with Crippen molar-refractivity contribution < 1.29 is 23.1 Å². The lowest BCUT2D eigenvalue weighted by atomic mass is 10.2. The molecule has 1 heterocycles. The molecule has 1 aromatic rings. The van der Waals surface area contributed by atoms with E-state index in [0.29, 0.717) is 37.6 Å². The number of benzene rings is 1. The number of carboxylic acids is 1. The van der Waals surface area contributed by atoms with Crippen molar-refractivity contribution in [1.82, 2.24) is 4.31 Å². The van der Waals surface area contributed by atoms with Crippen LogP contribution in [-0.4, -0.2) is 50.1 Å². The van der Waals surface area contributed by atoms with Crippen LogP contribution in [0.1, 0.15) is 5.56 Å². The Kier molecular flexibility index (Phi) is 4.94. The lowest BCUT2D eigenvalue weighted by Gasteiger charge is -2.26. The maximum absolute atomic E-state index is 12.2. The number of nitrogens with zero attached hydrogens (tertiary/aromatic N) is 1. The molecule has 8 heteroatoms. The highest BCUT2D eigenvalue weighted by Gasteiger charge is 2.23. The molecule has 0 atom stereocenters. The number of morpholine rings is 1. The summed E-state index contributed by atoms with van der Waals surface area (Å²) in [4.78, 5) is 10.5. The minimum absolute atomic E-state index is 0.313. The van der Waals surface area contributed by atoms with Crippen molar-refractivity contribution in [2.75, 3.05) is 31.0 Å². The number of hydrogen-bond acceptors (Lipinski definition) is 4. The van der Waals surface area contributed by atoms with Crippen molar-refractivity contribution >= 4 is 27.9 Å². The zero-order chi connectivity index (χ0) is 15.3. The number of hydrogen-bond donors (Lipinski definition) is 2. The summed E-state index contributed by atoms with van der Waals surface area (Å²) in [5, 5.41) is 8.58. The summed E-state index contributed by atoms with van der Waals surface area (Å²) in [6.45, 7) is 1.38. The highest BCUT2D eigenvalue weighted by atomic mass is 32.2. The smallest absolute Gasteiger partial charge is 0.328 e. The van der Waals surface area contributed by atoms with Gasteiger partial charge in [-0.05, 0) is 23.8 Å². The van der Waals surface area contributed by atoms with Gasteiger partial charge in [-0.2, -0.15) is 12.7 Å². The second-order valence-corrected chi connectivity index (χ2v) is 6.09. The Bertz CT molecular complexity index is 636. The molecule has 0 aromatic heterocycles. The maximum atomic E-state index is 12.2. The minimum Gasteiger partial charge on any atom is -0.478 e. The van der Waals surface area contributed by atoms with Crippen molar-refractivity contribution in [3.8, 4) is 0 Å². The zero-order valence-electron chi connectivity index (χ0n) is 11.2. The Morgan fingerprint density at radius 3 is 2.71 bits per heavy atom. The molecule has 2 N–H and O–H groups in total. The van der Waals surface area contributed by atoms with E-state index in [1.165, 1.54) is 10.4 Å². The van der Waals surface area contributed by atoms with E-state index in [4.69, 9.17) is 9.84 Å². The summed E-state index contributed by atoms with van der Waals surface area (Å²) >= 11 is 0. The highest BCUT2D eigenvalue weighted by Crippen LogP contribution is 2.15. The Hall–Kier alpha value is -1.90. The van der Waals surface area contributed by atoms with E-state index < -0.39 is 16.2 Å². The Morgan fingerprint density at radius 2 is 2.05 bits per heavy atom. The number of rotatable bonds is 5. The highest BCUT2D eigenvalue weighted by molar-refractivity contribution is 7.90. The van der Waals surface area contributed by atoms with Crippen molar-refractivity contribution in [3.05, 3.63) is 35.9 Å². The third kappa shape index (κ3) is 4.55. The third-order valence-electron chi connectivity index (χ3n) is 2.86. The monoisotopic (exact) mass is 312 g/mol. The topological polar surface area (TPSA) is 95.9 Å². The molecular weight excluding hydrogens is 296 g/mol. The molecule has 0 amide bonds. The van der Waals surface area contributed by atoms with Gasteiger partial charge in [0.1, 0.15) is 0 Å². The van der Waals surface area contributed by atoms with Gasteiger partial charge in [-0.3, -0.25) is 4.72 Å². The van der Waals surface area contributed by atoms with Gasteiger partial charge < -0.3 is 9.84 Å². The number of aliphatic carboxylic acids is 1. The van der Waals surface area contributed by atoms with E-state index in [0.717, 1.165) is 6.08 Å². The van der Waals surface area contributed by atoms with Crippen LogP contribution < -0.4 is 4.72 Å². The van der Waals surface area contributed by atoms with Gasteiger partial charge in [-0.15, -0.1) is 0 Å². The van der Waals surface area contributed by atoms with Crippen LogP contribution in [0.5, 0.6) is 0 Å². The molecule has 1 aliphatic heterocycles. The predicted molar refractivity (Wildman–Crippen MR) is 78.0 cm³/mol. The number of carboxylic acid groups (broad SMARTS) is 1. The van der Waals surface area contributed by atoms with Crippen LogP contribution in [0.4, 0.5) is 5.69 Å². The molecule has 1 fully saturated rings. The molecule has 0 bridgehead atoms. The summed E-state index contributed by atoms with van der Waals surface area (Å²) in [6, 6.07) is 6.51. The van der Waals surface area contributed by atoms with Crippen molar-refractivity contribution in [2.24, 2.45) is 0 Å². The molecule has 0 unspecified atom stereocenters. The normalized spacial score (nSPS) is 17.0. The third-order valence-corrected chi connectivity index (χ3v) is 4.40. The standard InChI is InChI=1S/C13H16N2O5S/c16-13(17)5-4-11-2-1-3-12(10-11)14-21(18,19)15-6-8-20-9-7-15/h1-5,10,14H,6-9H2,(H,16,17)/b5-4+. The lowest BCUT2D eigenvalue weighted by molar-refractivity contribution is -0.131. The second-order valence-electron chi connectivity index (χ2n) is 4.42. The van der Waals surface area contributed by atoms with Crippen LogP contribution in [0, 0.1) is 0 Å². The lowest BCUT2D eigenvalue weighted by Crippen LogP contribution is -2.43. The summed E-state index contributed by atoms with van der Waals surface area (Å²) in [5.74, 6) is -1.06. The molecule has 1 aliphatic rings. The maximum Gasteiger partial charge on any atom is 0.328 e. The number of nitrogens with one attached hydrogen (secondary N) is 1. The summed E-state index contributed by atoms with van der Waals surface area (Å²) in [6.07, 6.45) is 2.39. The minimum atomic E-state index is -3.62. The molecule has 0 saturated carbocycles. The Balaban J connectivity index is 2.11.